The number of carbonyl (C=O) groups is 1. The van der Waals surface area contributed by atoms with Crippen molar-refractivity contribution >= 4 is 21.8 Å². The highest BCUT2D eigenvalue weighted by molar-refractivity contribution is 9.10. The molecular formula is C18H22BrN5O2. The summed E-state index contributed by atoms with van der Waals surface area (Å²) in [6, 6.07) is 3.53. The Bertz CT molecular complexity index is 953. The summed E-state index contributed by atoms with van der Waals surface area (Å²) >= 11 is 3.52. The van der Waals surface area contributed by atoms with E-state index in [1.807, 2.05) is 44.8 Å². The second kappa shape index (κ2) is 7.11. The van der Waals surface area contributed by atoms with E-state index in [-0.39, 0.29) is 5.91 Å². The van der Waals surface area contributed by atoms with Crippen molar-refractivity contribution in [2.24, 2.45) is 7.05 Å². The summed E-state index contributed by atoms with van der Waals surface area (Å²) in [5, 5.41) is 8.77. The topological polar surface area (TPSA) is 69.1 Å². The van der Waals surface area contributed by atoms with Crippen LogP contribution in [0.3, 0.4) is 0 Å². The molecule has 3 heterocycles. The third-order valence-electron chi connectivity index (χ3n) is 4.34. The molecule has 0 N–H and O–H groups in total. The van der Waals surface area contributed by atoms with Crippen LogP contribution in [0.1, 0.15) is 39.0 Å². The van der Waals surface area contributed by atoms with E-state index in [4.69, 9.17) is 4.42 Å². The van der Waals surface area contributed by atoms with Gasteiger partial charge in [-0.15, -0.1) is 0 Å². The Morgan fingerprint density at radius 2 is 1.96 bits per heavy atom. The Balaban J connectivity index is 1.71. The number of aryl methyl sites for hydroxylation is 3. The van der Waals surface area contributed by atoms with E-state index in [2.05, 4.69) is 26.1 Å². The van der Waals surface area contributed by atoms with E-state index in [1.165, 1.54) is 0 Å². The fourth-order valence-corrected chi connectivity index (χ4v) is 3.16. The first-order chi connectivity index (χ1) is 12.3. The summed E-state index contributed by atoms with van der Waals surface area (Å²) in [6.07, 6.45) is 1.92. The SMILES string of the molecule is Cc1nn(C)cc1CN(C)C(=O)c1ccc(Cn2nc(C)c(Br)c2C)o1. The van der Waals surface area contributed by atoms with E-state index in [0.717, 1.165) is 27.1 Å². The van der Waals surface area contributed by atoms with Crippen molar-refractivity contribution in [1.29, 1.82) is 0 Å². The van der Waals surface area contributed by atoms with Crippen LogP contribution in [0.25, 0.3) is 0 Å². The van der Waals surface area contributed by atoms with Crippen molar-refractivity contribution in [3.05, 3.63) is 57.0 Å². The number of amides is 1. The molecule has 0 spiro atoms. The molecule has 0 aliphatic rings. The van der Waals surface area contributed by atoms with Gasteiger partial charge in [0.15, 0.2) is 5.76 Å². The van der Waals surface area contributed by atoms with Crippen LogP contribution in [0.2, 0.25) is 0 Å². The highest BCUT2D eigenvalue weighted by atomic mass is 79.9. The van der Waals surface area contributed by atoms with Crippen LogP contribution >= 0.6 is 15.9 Å². The van der Waals surface area contributed by atoms with Crippen LogP contribution in [0, 0.1) is 20.8 Å². The third-order valence-corrected chi connectivity index (χ3v) is 5.49. The molecule has 1 amide bonds. The minimum absolute atomic E-state index is 0.158. The van der Waals surface area contributed by atoms with Gasteiger partial charge in [-0.2, -0.15) is 10.2 Å². The lowest BCUT2D eigenvalue weighted by Crippen LogP contribution is -2.26. The predicted molar refractivity (Wildman–Crippen MR) is 101 cm³/mol. The van der Waals surface area contributed by atoms with Gasteiger partial charge in [-0.3, -0.25) is 14.2 Å². The Morgan fingerprint density at radius 1 is 1.23 bits per heavy atom. The van der Waals surface area contributed by atoms with Gasteiger partial charge in [-0.05, 0) is 48.8 Å². The highest BCUT2D eigenvalue weighted by Crippen LogP contribution is 2.21. The van der Waals surface area contributed by atoms with Gasteiger partial charge >= 0.3 is 0 Å². The second-order valence-corrected chi connectivity index (χ2v) is 7.28. The molecule has 0 aliphatic carbocycles. The van der Waals surface area contributed by atoms with Gasteiger partial charge in [-0.25, -0.2) is 0 Å². The van der Waals surface area contributed by atoms with Crippen molar-refractivity contribution in [2.45, 2.75) is 33.9 Å². The van der Waals surface area contributed by atoms with Crippen molar-refractivity contribution in [1.82, 2.24) is 24.5 Å². The third kappa shape index (κ3) is 3.60. The Hall–Kier alpha value is -2.35. The van der Waals surface area contributed by atoms with Gasteiger partial charge in [0.2, 0.25) is 0 Å². The van der Waals surface area contributed by atoms with Crippen molar-refractivity contribution in [2.75, 3.05) is 7.05 Å². The molecule has 0 radical (unpaired) electrons. The average Bonchev–Trinajstić information content (AvgIpc) is 3.24. The lowest BCUT2D eigenvalue weighted by molar-refractivity contribution is 0.0751. The lowest BCUT2D eigenvalue weighted by Gasteiger charge is -2.15. The number of nitrogens with zero attached hydrogens (tertiary/aromatic N) is 5. The van der Waals surface area contributed by atoms with Gasteiger partial charge in [-0.1, -0.05) is 0 Å². The zero-order valence-electron chi connectivity index (χ0n) is 15.6. The predicted octanol–water partition coefficient (Wildman–Crippen LogP) is 3.22. The summed E-state index contributed by atoms with van der Waals surface area (Å²) < 4.78 is 10.4. The number of hydrogen-bond acceptors (Lipinski definition) is 4. The molecule has 0 aliphatic heterocycles. The molecule has 0 saturated heterocycles. The highest BCUT2D eigenvalue weighted by Gasteiger charge is 2.18. The fraction of sp³-hybridized carbons (Fsp3) is 0.389. The number of carbonyl (C=O) groups excluding carboxylic acids is 1. The molecule has 0 bridgehead atoms. The molecule has 3 aromatic rings. The maximum Gasteiger partial charge on any atom is 0.289 e. The number of hydrogen-bond donors (Lipinski definition) is 0. The maximum atomic E-state index is 12.6. The molecule has 3 aromatic heterocycles. The quantitative estimate of drug-likeness (QED) is 0.636. The minimum atomic E-state index is -0.158. The van der Waals surface area contributed by atoms with Crippen molar-refractivity contribution in [3.8, 4) is 0 Å². The van der Waals surface area contributed by atoms with Crippen LogP contribution in [-0.2, 0) is 20.1 Å². The Kier molecular flexibility index (Phi) is 5.04. The summed E-state index contributed by atoms with van der Waals surface area (Å²) in [4.78, 5) is 14.3. The monoisotopic (exact) mass is 419 g/mol. The molecule has 26 heavy (non-hydrogen) atoms. The molecule has 0 fully saturated rings. The molecular weight excluding hydrogens is 398 g/mol. The number of rotatable bonds is 5. The van der Waals surface area contributed by atoms with E-state index in [9.17, 15) is 4.79 Å². The molecule has 0 unspecified atom stereocenters. The molecule has 138 valence electrons. The normalized spacial score (nSPS) is 11.2. The zero-order chi connectivity index (χ0) is 19.0. The molecule has 0 saturated carbocycles. The van der Waals surface area contributed by atoms with E-state index >= 15 is 0 Å². The summed E-state index contributed by atoms with van der Waals surface area (Å²) in [7, 11) is 3.63. The van der Waals surface area contributed by atoms with Crippen molar-refractivity contribution in [3.63, 3.8) is 0 Å². The smallest absolute Gasteiger partial charge is 0.289 e. The first kappa shape index (κ1) is 18.4. The summed E-state index contributed by atoms with van der Waals surface area (Å²) in [5.41, 5.74) is 3.89. The van der Waals surface area contributed by atoms with Gasteiger partial charge < -0.3 is 9.32 Å². The van der Waals surface area contributed by atoms with Gasteiger partial charge in [0.25, 0.3) is 5.91 Å². The number of halogens is 1. The fourth-order valence-electron chi connectivity index (χ4n) is 2.87. The molecule has 0 aromatic carbocycles. The van der Waals surface area contributed by atoms with Gasteiger partial charge in [0.1, 0.15) is 5.76 Å². The molecule has 7 nitrogen and oxygen atoms in total. The first-order valence-electron chi connectivity index (χ1n) is 8.29. The number of furan rings is 1. The Labute approximate surface area is 160 Å². The number of aromatic nitrogens is 4. The van der Waals surface area contributed by atoms with E-state index in [0.29, 0.717) is 24.6 Å². The Morgan fingerprint density at radius 3 is 2.54 bits per heavy atom. The van der Waals surface area contributed by atoms with Crippen LogP contribution in [0.4, 0.5) is 0 Å². The zero-order valence-corrected chi connectivity index (χ0v) is 17.2. The molecule has 0 atom stereocenters. The average molecular weight is 420 g/mol. The minimum Gasteiger partial charge on any atom is -0.454 e. The van der Waals surface area contributed by atoms with E-state index in [1.54, 1.807) is 22.7 Å². The summed E-state index contributed by atoms with van der Waals surface area (Å²) in [5.74, 6) is 0.857. The van der Waals surface area contributed by atoms with E-state index < -0.39 is 0 Å². The van der Waals surface area contributed by atoms with Crippen LogP contribution in [0.15, 0.2) is 27.2 Å². The van der Waals surface area contributed by atoms with Gasteiger partial charge in [0.05, 0.1) is 28.1 Å². The largest absolute Gasteiger partial charge is 0.454 e. The van der Waals surface area contributed by atoms with Crippen LogP contribution < -0.4 is 0 Å². The first-order valence-corrected chi connectivity index (χ1v) is 9.08. The maximum absolute atomic E-state index is 12.6. The molecule has 8 heteroatoms. The van der Waals surface area contributed by atoms with Crippen LogP contribution in [-0.4, -0.2) is 37.4 Å². The second-order valence-electron chi connectivity index (χ2n) is 6.48. The van der Waals surface area contributed by atoms with Crippen molar-refractivity contribution < 1.29 is 9.21 Å². The van der Waals surface area contributed by atoms with Crippen LogP contribution in [0.5, 0.6) is 0 Å². The molecule has 3 rings (SSSR count). The standard InChI is InChI=1S/C18H22BrN5O2/c1-11-14(9-23(5)20-11)8-22(4)18(25)16-7-6-15(26-16)10-24-13(3)17(19)12(2)21-24/h6-7,9H,8,10H2,1-5H3. The van der Waals surface area contributed by atoms with Gasteiger partial charge in [0, 0.05) is 32.4 Å². The summed E-state index contributed by atoms with van der Waals surface area (Å²) in [6.45, 7) is 6.84. The lowest BCUT2D eigenvalue weighted by atomic mass is 10.2.